The minimum Gasteiger partial charge on any atom is -0.479 e. The molecule has 0 bridgehead atoms. The Labute approximate surface area is 141 Å². The van der Waals surface area contributed by atoms with Gasteiger partial charge in [-0.2, -0.15) is 5.48 Å². The molecule has 0 radical (unpaired) electrons. The molecule has 2 aromatic rings. The lowest BCUT2D eigenvalue weighted by molar-refractivity contribution is -0.150. The fraction of sp³-hybridized carbons (Fsp3) is 0.316. The van der Waals surface area contributed by atoms with Gasteiger partial charge in [0.05, 0.1) is 0 Å². The van der Waals surface area contributed by atoms with Crippen molar-refractivity contribution in [3.05, 3.63) is 71.8 Å². The first kappa shape index (κ1) is 16.6. The summed E-state index contributed by atoms with van der Waals surface area (Å²) in [6, 6.07) is 19.4. The molecule has 2 aromatic carbocycles. The van der Waals surface area contributed by atoms with Crippen LogP contribution in [-0.4, -0.2) is 22.8 Å². The van der Waals surface area contributed by atoms with Crippen molar-refractivity contribution in [2.45, 2.75) is 37.6 Å². The number of aliphatic carboxylic acids is 1. The van der Waals surface area contributed by atoms with Crippen LogP contribution < -0.4 is 10.8 Å². The van der Waals surface area contributed by atoms with Gasteiger partial charge in [-0.25, -0.2) is 4.79 Å². The van der Waals surface area contributed by atoms with Crippen LogP contribution in [0.5, 0.6) is 0 Å². The molecule has 3 rings (SSSR count). The molecular formula is C19H22N2O3. The Balaban J connectivity index is 2.10. The number of rotatable bonds is 5. The minimum absolute atomic E-state index is 0.0143. The first-order chi connectivity index (χ1) is 11.5. The molecule has 5 heteroatoms. The lowest BCUT2D eigenvalue weighted by Crippen LogP contribution is -2.61. The molecule has 5 nitrogen and oxygen atoms in total. The highest BCUT2D eigenvalue weighted by Crippen LogP contribution is 2.44. The third kappa shape index (κ3) is 2.82. The zero-order chi connectivity index (χ0) is 17.2. The predicted octanol–water partition coefficient (Wildman–Crippen LogP) is 2.63. The van der Waals surface area contributed by atoms with Gasteiger partial charge in [0, 0.05) is 12.5 Å². The standard InChI is InChI=1S/C19H22N2O3/c1-14(2)20-19(17(22)23)13-18(24-21-19,15-9-5-3-6-10-15)16-11-7-4-8-12-16/h3-12,14,20-21H,13H2,1-2H3,(H,22,23). The molecule has 0 aromatic heterocycles. The second-order valence-electron chi connectivity index (χ2n) is 6.45. The van der Waals surface area contributed by atoms with E-state index in [2.05, 4.69) is 10.8 Å². The Hall–Kier alpha value is -2.21. The van der Waals surface area contributed by atoms with Crippen LogP contribution in [0.1, 0.15) is 31.4 Å². The van der Waals surface area contributed by atoms with E-state index in [-0.39, 0.29) is 12.5 Å². The van der Waals surface area contributed by atoms with Gasteiger partial charge in [0.15, 0.2) is 5.66 Å². The molecule has 1 heterocycles. The normalized spacial score (nSPS) is 22.6. The van der Waals surface area contributed by atoms with Gasteiger partial charge in [-0.3, -0.25) is 10.2 Å². The van der Waals surface area contributed by atoms with Crippen LogP contribution in [0.2, 0.25) is 0 Å². The fourth-order valence-corrected chi connectivity index (χ4v) is 3.28. The van der Waals surface area contributed by atoms with E-state index in [9.17, 15) is 9.90 Å². The van der Waals surface area contributed by atoms with Gasteiger partial charge in [0.25, 0.3) is 0 Å². The Morgan fingerprint density at radius 3 is 2.00 bits per heavy atom. The van der Waals surface area contributed by atoms with Crippen molar-refractivity contribution in [1.29, 1.82) is 0 Å². The number of nitrogens with one attached hydrogen (secondary N) is 2. The number of hydrogen-bond donors (Lipinski definition) is 3. The number of carbonyl (C=O) groups is 1. The molecule has 1 atom stereocenters. The SMILES string of the molecule is CC(C)NC1(C(=O)O)CC(c2ccccc2)(c2ccccc2)ON1. The number of carboxylic acid groups (broad SMARTS) is 1. The third-order valence-electron chi connectivity index (χ3n) is 4.29. The van der Waals surface area contributed by atoms with E-state index in [1.54, 1.807) is 0 Å². The van der Waals surface area contributed by atoms with Crippen molar-refractivity contribution in [3.63, 3.8) is 0 Å². The van der Waals surface area contributed by atoms with E-state index in [4.69, 9.17) is 4.84 Å². The summed E-state index contributed by atoms with van der Waals surface area (Å²) in [4.78, 5) is 18.0. The largest absolute Gasteiger partial charge is 0.479 e. The molecule has 0 spiro atoms. The number of hydroxylamine groups is 1. The summed E-state index contributed by atoms with van der Waals surface area (Å²) in [5.74, 6) is -0.982. The van der Waals surface area contributed by atoms with Crippen LogP contribution >= 0.6 is 0 Å². The highest BCUT2D eigenvalue weighted by molar-refractivity contribution is 5.79. The highest BCUT2D eigenvalue weighted by atomic mass is 16.7. The van der Waals surface area contributed by atoms with Crippen LogP contribution in [0, 0.1) is 0 Å². The molecule has 1 fully saturated rings. The van der Waals surface area contributed by atoms with Crippen molar-refractivity contribution < 1.29 is 14.7 Å². The summed E-state index contributed by atoms with van der Waals surface area (Å²) >= 11 is 0. The van der Waals surface area contributed by atoms with Gasteiger partial charge in [0.1, 0.15) is 5.60 Å². The Morgan fingerprint density at radius 1 is 1.08 bits per heavy atom. The average molecular weight is 326 g/mol. The van der Waals surface area contributed by atoms with E-state index >= 15 is 0 Å². The van der Waals surface area contributed by atoms with E-state index in [1.165, 1.54) is 0 Å². The van der Waals surface area contributed by atoms with Crippen LogP contribution in [0.3, 0.4) is 0 Å². The Bertz CT molecular complexity index is 664. The maximum atomic E-state index is 12.0. The molecule has 24 heavy (non-hydrogen) atoms. The van der Waals surface area contributed by atoms with Crippen molar-refractivity contribution >= 4 is 5.97 Å². The third-order valence-corrected chi connectivity index (χ3v) is 4.29. The molecule has 1 aliphatic rings. The highest BCUT2D eigenvalue weighted by Gasteiger charge is 2.56. The number of hydrogen-bond acceptors (Lipinski definition) is 4. The second-order valence-corrected chi connectivity index (χ2v) is 6.45. The zero-order valence-electron chi connectivity index (χ0n) is 13.8. The van der Waals surface area contributed by atoms with Crippen molar-refractivity contribution in [1.82, 2.24) is 10.8 Å². The maximum Gasteiger partial charge on any atom is 0.341 e. The van der Waals surface area contributed by atoms with E-state index in [0.717, 1.165) is 11.1 Å². The van der Waals surface area contributed by atoms with Crippen LogP contribution in [-0.2, 0) is 15.2 Å². The van der Waals surface area contributed by atoms with E-state index in [0.29, 0.717) is 0 Å². The van der Waals surface area contributed by atoms with Crippen molar-refractivity contribution in [2.24, 2.45) is 0 Å². The van der Waals surface area contributed by atoms with Crippen molar-refractivity contribution in [2.75, 3.05) is 0 Å². The molecule has 126 valence electrons. The van der Waals surface area contributed by atoms with E-state index < -0.39 is 17.2 Å². The first-order valence-electron chi connectivity index (χ1n) is 8.06. The topological polar surface area (TPSA) is 70.6 Å². The molecule has 0 saturated carbocycles. The van der Waals surface area contributed by atoms with Crippen LogP contribution in [0.25, 0.3) is 0 Å². The quantitative estimate of drug-likeness (QED) is 0.788. The summed E-state index contributed by atoms with van der Waals surface area (Å²) in [5, 5.41) is 12.9. The lowest BCUT2D eigenvalue weighted by atomic mass is 9.80. The summed E-state index contributed by atoms with van der Waals surface area (Å²) in [7, 11) is 0. The number of carboxylic acids is 1. The zero-order valence-corrected chi connectivity index (χ0v) is 13.8. The second kappa shape index (κ2) is 6.36. The Morgan fingerprint density at radius 2 is 1.58 bits per heavy atom. The minimum atomic E-state index is -1.35. The fourth-order valence-electron chi connectivity index (χ4n) is 3.28. The summed E-state index contributed by atoms with van der Waals surface area (Å²) in [6.07, 6.45) is 0.238. The first-order valence-corrected chi connectivity index (χ1v) is 8.06. The smallest absolute Gasteiger partial charge is 0.341 e. The summed E-state index contributed by atoms with van der Waals surface area (Å²) in [6.45, 7) is 3.83. The lowest BCUT2D eigenvalue weighted by Gasteiger charge is -2.30. The van der Waals surface area contributed by atoms with Gasteiger partial charge in [-0.15, -0.1) is 0 Å². The van der Waals surface area contributed by atoms with Gasteiger partial charge < -0.3 is 5.11 Å². The Kier molecular flexibility index (Phi) is 4.41. The summed E-state index contributed by atoms with van der Waals surface area (Å²) < 4.78 is 0. The van der Waals surface area contributed by atoms with Gasteiger partial charge in [-0.05, 0) is 25.0 Å². The van der Waals surface area contributed by atoms with Crippen LogP contribution in [0.15, 0.2) is 60.7 Å². The molecule has 1 saturated heterocycles. The summed E-state index contributed by atoms with van der Waals surface area (Å²) in [5.41, 5.74) is 2.39. The molecule has 1 aliphatic heterocycles. The molecule has 3 N–H and O–H groups in total. The van der Waals surface area contributed by atoms with Crippen molar-refractivity contribution in [3.8, 4) is 0 Å². The van der Waals surface area contributed by atoms with Gasteiger partial charge in [0.2, 0.25) is 0 Å². The monoisotopic (exact) mass is 326 g/mol. The maximum absolute atomic E-state index is 12.0. The average Bonchev–Trinajstić information content (AvgIpc) is 2.98. The molecular weight excluding hydrogens is 304 g/mol. The van der Waals surface area contributed by atoms with Crippen LogP contribution in [0.4, 0.5) is 0 Å². The van der Waals surface area contributed by atoms with Gasteiger partial charge in [-0.1, -0.05) is 60.7 Å². The van der Waals surface area contributed by atoms with Gasteiger partial charge >= 0.3 is 5.97 Å². The number of benzene rings is 2. The molecule has 0 aliphatic carbocycles. The molecule has 1 unspecified atom stereocenters. The predicted molar refractivity (Wildman–Crippen MR) is 91.1 cm³/mol. The molecule has 0 amide bonds. The van der Waals surface area contributed by atoms with E-state index in [1.807, 2.05) is 74.5 Å².